The third-order valence-electron chi connectivity index (χ3n) is 1.45. The molecule has 0 saturated heterocycles. The molecule has 3 heteroatoms. The first kappa shape index (κ1) is 7.75. The molecule has 0 saturated carbocycles. The molecule has 0 amide bonds. The lowest BCUT2D eigenvalue weighted by molar-refractivity contribution is 0.900. The van der Waals surface area contributed by atoms with Crippen LogP contribution in [-0.4, -0.2) is 4.98 Å². The SMILES string of the molecule is C=C[C@@H](N)c1ccc(=O)[nH]c1. The Bertz CT molecular complexity index is 283. The molecule has 1 aromatic heterocycles. The highest BCUT2D eigenvalue weighted by atomic mass is 16.1. The summed E-state index contributed by atoms with van der Waals surface area (Å²) in [6, 6.07) is 2.93. The Morgan fingerprint density at radius 3 is 2.82 bits per heavy atom. The summed E-state index contributed by atoms with van der Waals surface area (Å²) < 4.78 is 0. The van der Waals surface area contributed by atoms with Crippen LogP contribution in [0.3, 0.4) is 0 Å². The van der Waals surface area contributed by atoms with Gasteiger partial charge in [0, 0.05) is 18.3 Å². The van der Waals surface area contributed by atoms with E-state index in [1.807, 2.05) is 0 Å². The summed E-state index contributed by atoms with van der Waals surface area (Å²) in [5.74, 6) is 0. The minimum absolute atomic E-state index is 0.120. The molecular formula is C8H10N2O. The van der Waals surface area contributed by atoms with E-state index < -0.39 is 0 Å². The standard InChI is InChI=1S/C8H10N2O/c1-2-7(9)6-3-4-8(11)10-5-6/h2-5,7H,1,9H2,(H,10,11)/t7-/m1/s1. The Morgan fingerprint density at radius 1 is 1.64 bits per heavy atom. The monoisotopic (exact) mass is 150 g/mol. The molecule has 0 aromatic carbocycles. The largest absolute Gasteiger partial charge is 0.329 e. The molecule has 0 aliphatic heterocycles. The van der Waals surface area contributed by atoms with Crippen molar-refractivity contribution in [3.05, 3.63) is 46.9 Å². The molecule has 1 heterocycles. The number of hydrogen-bond acceptors (Lipinski definition) is 2. The molecule has 1 atom stereocenters. The minimum Gasteiger partial charge on any atom is -0.329 e. The molecule has 0 radical (unpaired) electrons. The zero-order valence-electron chi connectivity index (χ0n) is 6.08. The van der Waals surface area contributed by atoms with Gasteiger partial charge in [-0.05, 0) is 5.56 Å². The van der Waals surface area contributed by atoms with Gasteiger partial charge in [-0.3, -0.25) is 4.79 Å². The summed E-state index contributed by atoms with van der Waals surface area (Å²) in [4.78, 5) is 13.1. The first-order valence-electron chi connectivity index (χ1n) is 3.31. The first-order chi connectivity index (χ1) is 5.24. The van der Waals surface area contributed by atoms with Crippen molar-refractivity contribution in [3.63, 3.8) is 0 Å². The van der Waals surface area contributed by atoms with Crippen LogP contribution in [0.5, 0.6) is 0 Å². The van der Waals surface area contributed by atoms with Crippen molar-refractivity contribution >= 4 is 0 Å². The number of nitrogens with two attached hydrogens (primary N) is 1. The Balaban J connectivity index is 2.98. The number of aromatic nitrogens is 1. The van der Waals surface area contributed by atoms with Gasteiger partial charge in [-0.25, -0.2) is 0 Å². The number of pyridine rings is 1. The van der Waals surface area contributed by atoms with E-state index in [9.17, 15) is 4.79 Å². The minimum atomic E-state index is -0.202. The van der Waals surface area contributed by atoms with Crippen LogP contribution < -0.4 is 11.3 Å². The predicted octanol–water partition coefficient (Wildman–Crippen LogP) is 0.561. The maximum absolute atomic E-state index is 10.6. The third-order valence-corrected chi connectivity index (χ3v) is 1.45. The fraction of sp³-hybridized carbons (Fsp3) is 0.125. The first-order valence-corrected chi connectivity index (χ1v) is 3.31. The van der Waals surface area contributed by atoms with Crippen LogP contribution in [0.15, 0.2) is 35.8 Å². The van der Waals surface area contributed by atoms with E-state index in [1.54, 1.807) is 18.3 Å². The normalized spacial score (nSPS) is 12.5. The van der Waals surface area contributed by atoms with Gasteiger partial charge in [-0.15, -0.1) is 6.58 Å². The average Bonchev–Trinajstić information content (AvgIpc) is 2.05. The van der Waals surface area contributed by atoms with Gasteiger partial charge in [-0.2, -0.15) is 0 Å². The van der Waals surface area contributed by atoms with Crippen molar-refractivity contribution in [2.24, 2.45) is 5.73 Å². The maximum Gasteiger partial charge on any atom is 0.247 e. The van der Waals surface area contributed by atoms with E-state index in [1.165, 1.54) is 6.07 Å². The van der Waals surface area contributed by atoms with Crippen molar-refractivity contribution in [2.45, 2.75) is 6.04 Å². The molecule has 58 valence electrons. The van der Waals surface area contributed by atoms with E-state index in [4.69, 9.17) is 5.73 Å². The molecule has 3 nitrogen and oxygen atoms in total. The van der Waals surface area contributed by atoms with Crippen LogP contribution in [0.4, 0.5) is 0 Å². The Kier molecular flexibility index (Phi) is 2.23. The summed E-state index contributed by atoms with van der Waals surface area (Å²) in [5, 5.41) is 0. The molecule has 3 N–H and O–H groups in total. The third kappa shape index (κ3) is 1.78. The lowest BCUT2D eigenvalue weighted by Gasteiger charge is -2.03. The fourth-order valence-corrected chi connectivity index (χ4v) is 0.766. The van der Waals surface area contributed by atoms with Crippen LogP contribution in [0.2, 0.25) is 0 Å². The zero-order chi connectivity index (χ0) is 8.27. The quantitative estimate of drug-likeness (QED) is 0.605. The lowest BCUT2D eigenvalue weighted by atomic mass is 10.1. The van der Waals surface area contributed by atoms with Crippen molar-refractivity contribution in [1.82, 2.24) is 4.98 Å². The van der Waals surface area contributed by atoms with E-state index in [-0.39, 0.29) is 11.6 Å². The molecule has 11 heavy (non-hydrogen) atoms. The van der Waals surface area contributed by atoms with Gasteiger partial charge in [0.2, 0.25) is 5.56 Å². The van der Waals surface area contributed by atoms with E-state index in [0.29, 0.717) is 0 Å². The number of aromatic amines is 1. The number of H-pyrrole nitrogens is 1. The van der Waals surface area contributed by atoms with Gasteiger partial charge in [0.1, 0.15) is 0 Å². The summed E-state index contributed by atoms with van der Waals surface area (Å²) in [5.41, 5.74) is 6.34. The summed E-state index contributed by atoms with van der Waals surface area (Å²) in [6.07, 6.45) is 3.21. The summed E-state index contributed by atoms with van der Waals surface area (Å²) in [6.45, 7) is 3.54. The van der Waals surface area contributed by atoms with E-state index >= 15 is 0 Å². The van der Waals surface area contributed by atoms with Gasteiger partial charge in [0.25, 0.3) is 0 Å². The molecule has 0 aliphatic carbocycles. The molecule has 0 fully saturated rings. The molecule has 1 aromatic rings. The van der Waals surface area contributed by atoms with Crippen molar-refractivity contribution in [2.75, 3.05) is 0 Å². The molecule has 0 unspecified atom stereocenters. The Hall–Kier alpha value is -1.35. The topological polar surface area (TPSA) is 58.9 Å². The number of rotatable bonds is 2. The molecule has 0 spiro atoms. The smallest absolute Gasteiger partial charge is 0.247 e. The van der Waals surface area contributed by atoms with Crippen molar-refractivity contribution < 1.29 is 0 Å². The highest BCUT2D eigenvalue weighted by Crippen LogP contribution is 2.05. The van der Waals surface area contributed by atoms with Crippen LogP contribution in [0.1, 0.15) is 11.6 Å². The second-order valence-electron chi connectivity index (χ2n) is 2.25. The molecule has 1 rings (SSSR count). The number of nitrogens with one attached hydrogen (secondary N) is 1. The van der Waals surface area contributed by atoms with Gasteiger partial charge in [0.15, 0.2) is 0 Å². The van der Waals surface area contributed by atoms with Gasteiger partial charge < -0.3 is 10.7 Å². The molecule has 0 aliphatic rings. The van der Waals surface area contributed by atoms with Gasteiger partial charge in [0.05, 0.1) is 0 Å². The van der Waals surface area contributed by atoms with Gasteiger partial charge in [-0.1, -0.05) is 12.1 Å². The van der Waals surface area contributed by atoms with E-state index in [2.05, 4.69) is 11.6 Å². The zero-order valence-corrected chi connectivity index (χ0v) is 6.08. The van der Waals surface area contributed by atoms with Crippen molar-refractivity contribution in [1.29, 1.82) is 0 Å². The van der Waals surface area contributed by atoms with Crippen LogP contribution in [0, 0.1) is 0 Å². The van der Waals surface area contributed by atoms with Crippen LogP contribution in [-0.2, 0) is 0 Å². The molecular weight excluding hydrogens is 140 g/mol. The maximum atomic E-state index is 10.6. The molecule has 0 bridgehead atoms. The van der Waals surface area contributed by atoms with Crippen LogP contribution in [0.25, 0.3) is 0 Å². The predicted molar refractivity (Wildman–Crippen MR) is 44.2 cm³/mol. The van der Waals surface area contributed by atoms with Gasteiger partial charge >= 0.3 is 0 Å². The van der Waals surface area contributed by atoms with Crippen LogP contribution >= 0.6 is 0 Å². The summed E-state index contributed by atoms with van der Waals surface area (Å²) in [7, 11) is 0. The van der Waals surface area contributed by atoms with Crippen molar-refractivity contribution in [3.8, 4) is 0 Å². The Labute approximate surface area is 64.6 Å². The average molecular weight is 150 g/mol. The highest BCUT2D eigenvalue weighted by Gasteiger charge is 1.98. The number of hydrogen-bond donors (Lipinski definition) is 2. The second-order valence-corrected chi connectivity index (χ2v) is 2.25. The second kappa shape index (κ2) is 3.16. The summed E-state index contributed by atoms with van der Waals surface area (Å²) >= 11 is 0. The lowest BCUT2D eigenvalue weighted by Crippen LogP contribution is -2.10. The highest BCUT2D eigenvalue weighted by molar-refractivity contribution is 5.17. The fourth-order valence-electron chi connectivity index (χ4n) is 0.766. The van der Waals surface area contributed by atoms with E-state index in [0.717, 1.165) is 5.56 Å². The Morgan fingerprint density at radius 2 is 2.36 bits per heavy atom.